The Balaban J connectivity index is 2.25. The predicted octanol–water partition coefficient (Wildman–Crippen LogP) is 1.94. The predicted molar refractivity (Wildman–Crippen MR) is 63.9 cm³/mol. The molecule has 0 aromatic rings. The molecule has 0 saturated heterocycles. The fourth-order valence-corrected chi connectivity index (χ4v) is 3.04. The number of rotatable bonds is 4. The van der Waals surface area contributed by atoms with Crippen LogP contribution in [0.3, 0.4) is 0 Å². The second-order valence-electron chi connectivity index (χ2n) is 3.96. The molecule has 2 atom stereocenters. The molecule has 3 nitrogen and oxygen atoms in total. The molecule has 1 saturated carbocycles. The molecule has 0 aliphatic heterocycles. The molecule has 15 heavy (non-hydrogen) atoms. The number of hydrogen-bond donors (Lipinski definition) is 1. The summed E-state index contributed by atoms with van der Waals surface area (Å²) in [5.41, 5.74) is 6.07. The monoisotopic (exact) mass is 231 g/mol. The first-order valence-electron chi connectivity index (χ1n) is 5.77. The van der Waals surface area contributed by atoms with Crippen molar-refractivity contribution in [3.05, 3.63) is 0 Å². The van der Waals surface area contributed by atoms with Gasteiger partial charge in [0.1, 0.15) is 0 Å². The number of nitrogens with two attached hydrogens (primary N) is 1. The zero-order chi connectivity index (χ0) is 11.1. The van der Waals surface area contributed by atoms with E-state index >= 15 is 0 Å². The van der Waals surface area contributed by atoms with Gasteiger partial charge in [0.05, 0.1) is 12.4 Å². The van der Waals surface area contributed by atoms with Crippen molar-refractivity contribution < 1.29 is 9.53 Å². The van der Waals surface area contributed by atoms with E-state index in [1.807, 2.05) is 6.92 Å². The molecule has 0 bridgehead atoms. The zero-order valence-corrected chi connectivity index (χ0v) is 10.2. The van der Waals surface area contributed by atoms with Crippen molar-refractivity contribution in [1.82, 2.24) is 0 Å². The lowest BCUT2D eigenvalue weighted by atomic mass is 10.1. The third kappa shape index (κ3) is 4.89. The van der Waals surface area contributed by atoms with Crippen molar-refractivity contribution in [3.8, 4) is 0 Å². The summed E-state index contributed by atoms with van der Waals surface area (Å²) < 4.78 is 4.90. The van der Waals surface area contributed by atoms with Gasteiger partial charge in [0.15, 0.2) is 0 Å². The highest BCUT2D eigenvalue weighted by Crippen LogP contribution is 2.26. The van der Waals surface area contributed by atoms with E-state index < -0.39 is 0 Å². The van der Waals surface area contributed by atoms with Gasteiger partial charge in [0.25, 0.3) is 0 Å². The average molecular weight is 231 g/mol. The number of carbonyl (C=O) groups is 1. The summed E-state index contributed by atoms with van der Waals surface area (Å²) in [6.45, 7) is 2.30. The molecule has 1 fully saturated rings. The molecule has 0 aromatic heterocycles. The topological polar surface area (TPSA) is 52.3 Å². The molecule has 4 heteroatoms. The maximum absolute atomic E-state index is 11.2. The van der Waals surface area contributed by atoms with Gasteiger partial charge in [-0.2, -0.15) is 0 Å². The quantitative estimate of drug-likeness (QED) is 0.593. The summed E-state index contributed by atoms with van der Waals surface area (Å²) in [6, 6.07) is 0.256. The van der Waals surface area contributed by atoms with Crippen LogP contribution in [0.4, 0.5) is 0 Å². The van der Waals surface area contributed by atoms with Crippen LogP contribution in [0.25, 0.3) is 0 Å². The Morgan fingerprint density at radius 2 is 2.13 bits per heavy atom. The van der Waals surface area contributed by atoms with E-state index in [9.17, 15) is 4.79 Å². The van der Waals surface area contributed by atoms with Gasteiger partial charge in [0.2, 0.25) is 0 Å². The van der Waals surface area contributed by atoms with Crippen molar-refractivity contribution in [3.63, 3.8) is 0 Å². The number of ether oxygens (including phenoxy) is 1. The Labute approximate surface area is 96.1 Å². The molecule has 1 aliphatic rings. The van der Waals surface area contributed by atoms with Gasteiger partial charge in [-0.25, -0.2) is 0 Å². The molecular weight excluding hydrogens is 210 g/mol. The summed E-state index contributed by atoms with van der Waals surface area (Å²) in [4.78, 5) is 11.2. The van der Waals surface area contributed by atoms with Crippen molar-refractivity contribution in [1.29, 1.82) is 0 Å². The molecule has 88 valence electrons. The van der Waals surface area contributed by atoms with Gasteiger partial charge >= 0.3 is 5.97 Å². The fourth-order valence-electron chi connectivity index (χ4n) is 1.89. The molecule has 1 rings (SSSR count). The molecular formula is C11H21NO2S. The number of carbonyl (C=O) groups excluding carboxylic acids is 1. The molecule has 2 unspecified atom stereocenters. The van der Waals surface area contributed by atoms with E-state index in [1.54, 1.807) is 11.8 Å². The van der Waals surface area contributed by atoms with Gasteiger partial charge in [-0.05, 0) is 19.8 Å². The van der Waals surface area contributed by atoms with Gasteiger partial charge in [-0.15, -0.1) is 11.8 Å². The first kappa shape index (κ1) is 12.8. The smallest absolute Gasteiger partial charge is 0.315 e. The van der Waals surface area contributed by atoms with Gasteiger partial charge in [0, 0.05) is 11.3 Å². The lowest BCUT2D eigenvalue weighted by Gasteiger charge is -2.20. The molecule has 0 radical (unpaired) electrons. The maximum atomic E-state index is 11.2. The molecule has 0 aromatic carbocycles. The lowest BCUT2D eigenvalue weighted by molar-refractivity contribution is -0.139. The summed E-state index contributed by atoms with van der Waals surface area (Å²) in [5.74, 6) is 0.339. The van der Waals surface area contributed by atoms with Crippen LogP contribution in [-0.4, -0.2) is 29.6 Å². The Kier molecular flexibility index (Phi) is 6.10. The lowest BCUT2D eigenvalue weighted by Crippen LogP contribution is -2.32. The maximum Gasteiger partial charge on any atom is 0.315 e. The molecule has 2 N–H and O–H groups in total. The number of esters is 1. The summed E-state index contributed by atoms with van der Waals surface area (Å²) in [7, 11) is 0. The van der Waals surface area contributed by atoms with Crippen molar-refractivity contribution in [2.45, 2.75) is 50.3 Å². The summed E-state index contributed by atoms with van der Waals surface area (Å²) in [6.07, 6.45) is 6.00. The second-order valence-corrected chi connectivity index (χ2v) is 5.18. The van der Waals surface area contributed by atoms with Crippen LogP contribution < -0.4 is 5.73 Å². The van der Waals surface area contributed by atoms with E-state index in [1.165, 1.54) is 19.3 Å². The van der Waals surface area contributed by atoms with Crippen molar-refractivity contribution in [2.75, 3.05) is 12.4 Å². The molecule has 0 amide bonds. The fraction of sp³-hybridized carbons (Fsp3) is 0.909. The first-order chi connectivity index (χ1) is 7.24. The third-order valence-corrected chi connectivity index (χ3v) is 4.14. The number of thioether (sulfide) groups is 1. The van der Waals surface area contributed by atoms with Gasteiger partial charge < -0.3 is 10.5 Å². The highest BCUT2D eigenvalue weighted by molar-refractivity contribution is 8.00. The highest BCUT2D eigenvalue weighted by Gasteiger charge is 2.21. The Morgan fingerprint density at radius 1 is 1.40 bits per heavy atom. The largest absolute Gasteiger partial charge is 0.465 e. The average Bonchev–Trinajstić information content (AvgIpc) is 2.41. The first-order valence-corrected chi connectivity index (χ1v) is 6.81. The van der Waals surface area contributed by atoms with Crippen LogP contribution in [0.1, 0.15) is 39.0 Å². The van der Waals surface area contributed by atoms with Crippen LogP contribution in [0.2, 0.25) is 0 Å². The van der Waals surface area contributed by atoms with E-state index in [-0.39, 0.29) is 12.0 Å². The van der Waals surface area contributed by atoms with Gasteiger partial charge in [-0.3, -0.25) is 4.79 Å². The van der Waals surface area contributed by atoms with Crippen LogP contribution >= 0.6 is 11.8 Å². The minimum absolute atomic E-state index is 0.112. The van der Waals surface area contributed by atoms with Gasteiger partial charge in [-0.1, -0.05) is 19.3 Å². The van der Waals surface area contributed by atoms with Crippen LogP contribution in [-0.2, 0) is 9.53 Å². The normalized spacial score (nSPS) is 27.1. The van der Waals surface area contributed by atoms with E-state index in [2.05, 4.69) is 0 Å². The third-order valence-electron chi connectivity index (χ3n) is 2.72. The number of hydrogen-bond acceptors (Lipinski definition) is 4. The van der Waals surface area contributed by atoms with E-state index in [4.69, 9.17) is 10.5 Å². The van der Waals surface area contributed by atoms with Crippen molar-refractivity contribution in [2.24, 2.45) is 5.73 Å². The van der Waals surface area contributed by atoms with E-state index in [0.29, 0.717) is 17.6 Å². The molecule has 0 spiro atoms. The zero-order valence-electron chi connectivity index (χ0n) is 9.41. The van der Waals surface area contributed by atoms with Crippen LogP contribution in [0.15, 0.2) is 0 Å². The Bertz CT molecular complexity index is 199. The summed E-state index contributed by atoms with van der Waals surface area (Å²) in [5, 5.41) is 0.442. The molecule has 1 aliphatic carbocycles. The van der Waals surface area contributed by atoms with Crippen LogP contribution in [0.5, 0.6) is 0 Å². The second kappa shape index (κ2) is 7.12. The Hall–Kier alpha value is -0.220. The minimum atomic E-state index is -0.112. The van der Waals surface area contributed by atoms with Crippen molar-refractivity contribution >= 4 is 17.7 Å². The van der Waals surface area contributed by atoms with E-state index in [0.717, 1.165) is 12.8 Å². The molecule has 0 heterocycles. The summed E-state index contributed by atoms with van der Waals surface area (Å²) >= 11 is 1.67. The highest BCUT2D eigenvalue weighted by atomic mass is 32.2. The standard InChI is InChI=1S/C11H21NO2S/c1-2-14-11(13)8-15-10-7-5-3-4-6-9(10)12/h9-10H,2-8,12H2,1H3. The SMILES string of the molecule is CCOC(=O)CSC1CCCCCC1N. The Morgan fingerprint density at radius 3 is 2.87 bits per heavy atom. The minimum Gasteiger partial charge on any atom is -0.465 e. The van der Waals surface area contributed by atoms with Crippen LogP contribution in [0, 0.1) is 0 Å².